The van der Waals surface area contributed by atoms with Gasteiger partial charge in [0.05, 0.1) is 0 Å². The minimum atomic E-state index is -1.10. The fraction of sp³-hybridized carbons (Fsp3) is 0.862. The van der Waals surface area contributed by atoms with Crippen molar-refractivity contribution in [3.05, 3.63) is 0 Å². The van der Waals surface area contributed by atoms with E-state index in [4.69, 9.17) is 5.11 Å². The molecule has 1 unspecified atom stereocenters. The van der Waals surface area contributed by atoms with E-state index in [0.29, 0.717) is 19.4 Å². The molecule has 0 aromatic rings. The molecule has 0 bridgehead atoms. The molecule has 0 radical (unpaired) electrons. The van der Waals surface area contributed by atoms with Gasteiger partial charge in [0.25, 0.3) is 0 Å². The lowest BCUT2D eigenvalue weighted by Crippen LogP contribution is -2.41. The Morgan fingerprint density at radius 3 is 1.41 bits per heavy atom. The molecule has 0 saturated carbocycles. The summed E-state index contributed by atoms with van der Waals surface area (Å²) >= 11 is 0. The highest BCUT2D eigenvalue weighted by Crippen LogP contribution is 2.14. The number of hydrogen-bond acceptors (Lipinski definition) is 4. The topological polar surface area (TPSA) is 133 Å². The van der Waals surface area contributed by atoms with E-state index in [1.807, 2.05) is 6.92 Å². The number of hydrogen-bond donors (Lipinski definition) is 4. The van der Waals surface area contributed by atoms with Crippen molar-refractivity contribution in [2.75, 3.05) is 6.54 Å². The molecule has 0 aliphatic heterocycles. The molecule has 0 aliphatic carbocycles. The lowest BCUT2D eigenvalue weighted by atomic mass is 10.0. The third-order valence-electron chi connectivity index (χ3n) is 6.69. The molecular formula is C29H54N2O6. The third-order valence-corrected chi connectivity index (χ3v) is 6.69. The maximum absolute atomic E-state index is 12.1. The zero-order chi connectivity index (χ0) is 27.6. The smallest absolute Gasteiger partial charge is 0.326 e. The molecule has 4 N–H and O–H groups in total. The Labute approximate surface area is 224 Å². The Balaban J connectivity index is 3.53. The second kappa shape index (κ2) is 25.5. The first-order chi connectivity index (χ1) is 17.9. The van der Waals surface area contributed by atoms with E-state index >= 15 is 0 Å². The summed E-state index contributed by atoms with van der Waals surface area (Å²) in [5, 5.41) is 23.2. The zero-order valence-electron chi connectivity index (χ0n) is 23.4. The molecular weight excluding hydrogens is 472 g/mol. The standard InChI is InChI=1S/C29H54N2O6/c1-2-3-24-30-26(32)23-22-25(29(36)37)31-27(33)20-18-16-14-12-10-8-6-4-5-7-9-11-13-15-17-19-21-28(34)35/h25H,2-24H2,1H3,(H,30,32)(H,31,33)(H,34,35)(H,36,37). The molecule has 0 spiro atoms. The maximum Gasteiger partial charge on any atom is 0.326 e. The summed E-state index contributed by atoms with van der Waals surface area (Å²) in [4.78, 5) is 45.7. The van der Waals surface area contributed by atoms with Crippen molar-refractivity contribution >= 4 is 23.8 Å². The van der Waals surface area contributed by atoms with Crippen LogP contribution in [0.2, 0.25) is 0 Å². The number of carbonyl (C=O) groups excluding carboxylic acids is 2. The number of unbranched alkanes of at least 4 members (excludes halogenated alkanes) is 16. The molecule has 2 amide bonds. The van der Waals surface area contributed by atoms with Crippen molar-refractivity contribution in [3.63, 3.8) is 0 Å². The van der Waals surface area contributed by atoms with Gasteiger partial charge in [-0.2, -0.15) is 0 Å². The predicted molar refractivity (Wildman–Crippen MR) is 147 cm³/mol. The summed E-state index contributed by atoms with van der Waals surface area (Å²) in [6.07, 6.45) is 21.1. The van der Waals surface area contributed by atoms with Crippen LogP contribution < -0.4 is 10.6 Å². The highest BCUT2D eigenvalue weighted by atomic mass is 16.4. The van der Waals surface area contributed by atoms with Crippen molar-refractivity contribution in [1.82, 2.24) is 10.6 Å². The van der Waals surface area contributed by atoms with E-state index < -0.39 is 18.0 Å². The maximum atomic E-state index is 12.1. The van der Waals surface area contributed by atoms with Crippen LogP contribution in [0.1, 0.15) is 148 Å². The van der Waals surface area contributed by atoms with Crippen LogP contribution >= 0.6 is 0 Å². The number of carboxylic acids is 2. The van der Waals surface area contributed by atoms with E-state index in [1.165, 1.54) is 64.2 Å². The van der Waals surface area contributed by atoms with Gasteiger partial charge in [0.1, 0.15) is 6.04 Å². The molecule has 0 heterocycles. The van der Waals surface area contributed by atoms with Gasteiger partial charge in [-0.15, -0.1) is 0 Å². The molecule has 216 valence electrons. The number of nitrogens with one attached hydrogen (secondary N) is 2. The van der Waals surface area contributed by atoms with Crippen molar-refractivity contribution < 1.29 is 29.4 Å². The zero-order valence-corrected chi connectivity index (χ0v) is 23.4. The molecule has 1 atom stereocenters. The largest absolute Gasteiger partial charge is 0.481 e. The minimum absolute atomic E-state index is 0.0958. The summed E-state index contributed by atoms with van der Waals surface area (Å²) in [5.41, 5.74) is 0. The predicted octanol–water partition coefficient (Wildman–Crippen LogP) is 6.36. The summed E-state index contributed by atoms with van der Waals surface area (Å²) in [6, 6.07) is -1.01. The Bertz CT molecular complexity index is 611. The average Bonchev–Trinajstić information content (AvgIpc) is 2.85. The molecule has 8 nitrogen and oxygen atoms in total. The van der Waals surface area contributed by atoms with Gasteiger partial charge in [0.2, 0.25) is 11.8 Å². The lowest BCUT2D eigenvalue weighted by Gasteiger charge is -2.14. The van der Waals surface area contributed by atoms with E-state index in [-0.39, 0.29) is 24.7 Å². The van der Waals surface area contributed by atoms with Gasteiger partial charge < -0.3 is 20.8 Å². The fourth-order valence-corrected chi connectivity index (χ4v) is 4.33. The molecule has 0 aromatic heterocycles. The number of amides is 2. The molecule has 0 fully saturated rings. The van der Waals surface area contributed by atoms with Crippen LogP contribution in [0.15, 0.2) is 0 Å². The first kappa shape index (κ1) is 34.9. The van der Waals surface area contributed by atoms with Gasteiger partial charge in [-0.1, -0.05) is 103 Å². The van der Waals surface area contributed by atoms with Gasteiger partial charge in [0, 0.05) is 25.8 Å². The number of rotatable bonds is 27. The lowest BCUT2D eigenvalue weighted by molar-refractivity contribution is -0.142. The van der Waals surface area contributed by atoms with Crippen molar-refractivity contribution in [1.29, 1.82) is 0 Å². The third kappa shape index (κ3) is 25.3. The Hall–Kier alpha value is -2.12. The van der Waals surface area contributed by atoms with Crippen molar-refractivity contribution in [2.24, 2.45) is 0 Å². The van der Waals surface area contributed by atoms with Crippen LogP contribution in [-0.2, 0) is 19.2 Å². The SMILES string of the molecule is CCCCNC(=O)CCC(NC(=O)CCCCCCCCCCCCCCCCCCC(=O)O)C(=O)O. The first-order valence-corrected chi connectivity index (χ1v) is 14.9. The van der Waals surface area contributed by atoms with Gasteiger partial charge in [-0.25, -0.2) is 4.79 Å². The summed E-state index contributed by atoms with van der Waals surface area (Å²) in [6.45, 7) is 2.63. The van der Waals surface area contributed by atoms with Gasteiger partial charge in [0.15, 0.2) is 0 Å². The highest BCUT2D eigenvalue weighted by Gasteiger charge is 2.20. The van der Waals surface area contributed by atoms with Crippen LogP contribution in [-0.4, -0.2) is 46.6 Å². The van der Waals surface area contributed by atoms with E-state index in [2.05, 4.69) is 10.6 Å². The molecule has 8 heteroatoms. The Kier molecular flexibility index (Phi) is 24.1. The van der Waals surface area contributed by atoms with E-state index in [0.717, 1.165) is 51.4 Å². The number of aliphatic carboxylic acids is 2. The van der Waals surface area contributed by atoms with E-state index in [9.17, 15) is 24.3 Å². The minimum Gasteiger partial charge on any atom is -0.481 e. The number of carbonyl (C=O) groups is 4. The van der Waals surface area contributed by atoms with Crippen LogP contribution in [0.5, 0.6) is 0 Å². The van der Waals surface area contributed by atoms with Crippen LogP contribution in [0, 0.1) is 0 Å². The summed E-state index contributed by atoms with van der Waals surface area (Å²) in [7, 11) is 0. The van der Waals surface area contributed by atoms with Gasteiger partial charge in [-0.3, -0.25) is 14.4 Å². The quantitative estimate of drug-likeness (QED) is 0.0921. The Morgan fingerprint density at radius 2 is 1.00 bits per heavy atom. The molecule has 0 aliphatic rings. The molecule has 0 saturated heterocycles. The second-order valence-electron chi connectivity index (χ2n) is 10.3. The monoisotopic (exact) mass is 526 g/mol. The summed E-state index contributed by atoms with van der Waals surface area (Å²) in [5.74, 6) is -2.21. The summed E-state index contributed by atoms with van der Waals surface area (Å²) < 4.78 is 0. The number of carboxylic acid groups (broad SMARTS) is 2. The fourth-order valence-electron chi connectivity index (χ4n) is 4.33. The normalized spacial score (nSPS) is 11.7. The van der Waals surface area contributed by atoms with Crippen molar-refractivity contribution in [2.45, 2.75) is 154 Å². The highest BCUT2D eigenvalue weighted by molar-refractivity contribution is 5.84. The molecule has 0 rings (SSSR count). The van der Waals surface area contributed by atoms with Gasteiger partial charge >= 0.3 is 11.9 Å². The molecule has 0 aromatic carbocycles. The average molecular weight is 527 g/mol. The van der Waals surface area contributed by atoms with E-state index in [1.54, 1.807) is 0 Å². The van der Waals surface area contributed by atoms with Crippen molar-refractivity contribution in [3.8, 4) is 0 Å². The van der Waals surface area contributed by atoms with Gasteiger partial charge in [-0.05, 0) is 25.7 Å². The van der Waals surface area contributed by atoms with Crippen LogP contribution in [0.3, 0.4) is 0 Å². The van der Waals surface area contributed by atoms with Crippen LogP contribution in [0.4, 0.5) is 0 Å². The van der Waals surface area contributed by atoms with Crippen LogP contribution in [0.25, 0.3) is 0 Å². The Morgan fingerprint density at radius 1 is 0.568 bits per heavy atom. The first-order valence-electron chi connectivity index (χ1n) is 14.9. The second-order valence-corrected chi connectivity index (χ2v) is 10.3. The molecule has 37 heavy (non-hydrogen) atoms.